The Balaban J connectivity index is 1.57. The third-order valence-electron chi connectivity index (χ3n) is 4.78. The molecule has 0 unspecified atom stereocenters. The smallest absolute Gasteiger partial charge is 0.263 e. The number of carbonyl (C=O) groups excluding carboxylic acids is 2. The lowest BCUT2D eigenvalue weighted by atomic mass is 10.2. The van der Waals surface area contributed by atoms with Crippen LogP contribution in [0.1, 0.15) is 16.1 Å². The van der Waals surface area contributed by atoms with Crippen molar-refractivity contribution in [1.82, 2.24) is 15.1 Å². The molecule has 0 radical (unpaired) electrons. The van der Waals surface area contributed by atoms with Crippen LogP contribution in [0.4, 0.5) is 0 Å². The van der Waals surface area contributed by atoms with Crippen LogP contribution in [-0.4, -0.2) is 74.1 Å². The highest BCUT2D eigenvalue weighted by Gasteiger charge is 2.20. The van der Waals surface area contributed by atoms with Crippen LogP contribution in [0.2, 0.25) is 5.02 Å². The van der Waals surface area contributed by atoms with Crippen LogP contribution in [0.25, 0.3) is 10.1 Å². The second kappa shape index (κ2) is 10.6. The van der Waals surface area contributed by atoms with Crippen molar-refractivity contribution < 1.29 is 14.3 Å². The van der Waals surface area contributed by atoms with E-state index >= 15 is 0 Å². The summed E-state index contributed by atoms with van der Waals surface area (Å²) in [6, 6.07) is 9.61. The number of amides is 2. The number of morpholine rings is 1. The Morgan fingerprint density at radius 2 is 2.03 bits per heavy atom. The maximum absolute atomic E-state index is 12.6. The zero-order chi connectivity index (χ0) is 20.6. The number of nitrogens with one attached hydrogen (secondary N) is 1. The van der Waals surface area contributed by atoms with Crippen molar-refractivity contribution >= 4 is 44.8 Å². The average molecular weight is 435 g/mol. The summed E-state index contributed by atoms with van der Waals surface area (Å²) in [4.78, 5) is 29.5. The number of rotatable bonds is 8. The lowest BCUT2D eigenvalue weighted by Crippen LogP contribution is -2.46. The summed E-state index contributed by atoms with van der Waals surface area (Å²) < 4.78 is 6.26. The standard InChI is InChI=1S/C20H23ClN4O3S/c21-18-15-4-1-2-5-16(15)29-19(18)20(27)23-14-17(26)25(7-3-6-22)9-8-24-10-12-28-13-11-24/h1-2,4-5H,3,7-14H2,(H,23,27). The highest BCUT2D eigenvalue weighted by molar-refractivity contribution is 7.21. The van der Waals surface area contributed by atoms with Gasteiger partial charge in [-0.05, 0) is 6.07 Å². The first-order chi connectivity index (χ1) is 14.1. The van der Waals surface area contributed by atoms with Gasteiger partial charge in [-0.15, -0.1) is 11.3 Å². The molecule has 9 heteroatoms. The van der Waals surface area contributed by atoms with Gasteiger partial charge in [0, 0.05) is 42.8 Å². The molecule has 0 atom stereocenters. The summed E-state index contributed by atoms with van der Waals surface area (Å²) in [6.07, 6.45) is 0.255. The van der Waals surface area contributed by atoms with Crippen molar-refractivity contribution in [1.29, 1.82) is 5.26 Å². The molecule has 1 aliphatic heterocycles. The van der Waals surface area contributed by atoms with Gasteiger partial charge in [0.15, 0.2) is 0 Å². The number of hydrogen-bond acceptors (Lipinski definition) is 6. The van der Waals surface area contributed by atoms with Crippen molar-refractivity contribution in [3.8, 4) is 6.07 Å². The molecule has 0 saturated carbocycles. The minimum Gasteiger partial charge on any atom is -0.379 e. The predicted octanol–water partition coefficient (Wildman–Crippen LogP) is 2.36. The number of hydrogen-bond donors (Lipinski definition) is 1. The van der Waals surface area contributed by atoms with E-state index in [0.717, 1.165) is 29.7 Å². The molecule has 2 aromatic rings. The maximum Gasteiger partial charge on any atom is 0.263 e. The van der Waals surface area contributed by atoms with Crippen molar-refractivity contribution in [3.05, 3.63) is 34.2 Å². The third-order valence-corrected chi connectivity index (χ3v) is 6.45. The molecule has 1 aliphatic rings. The van der Waals surface area contributed by atoms with Crippen molar-refractivity contribution in [2.75, 3.05) is 52.5 Å². The minimum absolute atomic E-state index is 0.127. The highest BCUT2D eigenvalue weighted by atomic mass is 35.5. The third kappa shape index (κ3) is 5.67. The number of benzene rings is 1. The van der Waals surface area contributed by atoms with E-state index in [1.54, 1.807) is 4.90 Å². The molecule has 0 spiro atoms. The monoisotopic (exact) mass is 434 g/mol. The molecule has 2 heterocycles. The van der Waals surface area contributed by atoms with Crippen molar-refractivity contribution in [3.63, 3.8) is 0 Å². The normalized spacial score (nSPS) is 14.5. The summed E-state index contributed by atoms with van der Waals surface area (Å²) in [5.41, 5.74) is 0. The zero-order valence-corrected chi connectivity index (χ0v) is 17.6. The molecule has 3 rings (SSSR count). The van der Waals surface area contributed by atoms with E-state index in [2.05, 4.69) is 16.3 Å². The van der Waals surface area contributed by atoms with Gasteiger partial charge in [-0.3, -0.25) is 14.5 Å². The molecule has 154 valence electrons. The predicted molar refractivity (Wildman–Crippen MR) is 113 cm³/mol. The average Bonchev–Trinajstić information content (AvgIpc) is 3.09. The van der Waals surface area contributed by atoms with E-state index in [0.29, 0.717) is 36.2 Å². The lowest BCUT2D eigenvalue weighted by molar-refractivity contribution is -0.130. The van der Waals surface area contributed by atoms with Crippen LogP contribution < -0.4 is 5.32 Å². The Hall–Kier alpha value is -2.18. The first kappa shape index (κ1) is 21.5. The Kier molecular flexibility index (Phi) is 7.83. The zero-order valence-electron chi connectivity index (χ0n) is 16.0. The van der Waals surface area contributed by atoms with Gasteiger partial charge in [0.25, 0.3) is 5.91 Å². The number of nitriles is 1. The van der Waals surface area contributed by atoms with Gasteiger partial charge in [0.1, 0.15) is 4.88 Å². The molecule has 1 aromatic carbocycles. The number of halogens is 1. The fraction of sp³-hybridized carbons (Fsp3) is 0.450. The maximum atomic E-state index is 12.6. The first-order valence-electron chi connectivity index (χ1n) is 9.50. The summed E-state index contributed by atoms with van der Waals surface area (Å²) in [5.74, 6) is -0.572. The van der Waals surface area contributed by atoms with Gasteiger partial charge >= 0.3 is 0 Å². The van der Waals surface area contributed by atoms with Gasteiger partial charge in [-0.1, -0.05) is 29.8 Å². The second-order valence-corrected chi connectivity index (χ2v) is 8.10. The molecule has 0 aliphatic carbocycles. The van der Waals surface area contributed by atoms with E-state index in [9.17, 15) is 9.59 Å². The Morgan fingerprint density at radius 3 is 2.76 bits per heavy atom. The molecule has 29 heavy (non-hydrogen) atoms. The summed E-state index contributed by atoms with van der Waals surface area (Å²) >= 11 is 7.64. The summed E-state index contributed by atoms with van der Waals surface area (Å²) in [7, 11) is 0. The first-order valence-corrected chi connectivity index (χ1v) is 10.7. The van der Waals surface area contributed by atoms with Crippen LogP contribution in [0, 0.1) is 11.3 Å². The van der Waals surface area contributed by atoms with Crippen LogP contribution in [0.15, 0.2) is 24.3 Å². The fourth-order valence-electron chi connectivity index (χ4n) is 3.14. The number of fused-ring (bicyclic) bond motifs is 1. The van der Waals surface area contributed by atoms with Crippen LogP contribution in [0.3, 0.4) is 0 Å². The van der Waals surface area contributed by atoms with Gasteiger partial charge in [0.05, 0.1) is 37.3 Å². The molecule has 1 N–H and O–H groups in total. The van der Waals surface area contributed by atoms with Crippen LogP contribution >= 0.6 is 22.9 Å². The van der Waals surface area contributed by atoms with Gasteiger partial charge in [-0.2, -0.15) is 5.26 Å². The van der Waals surface area contributed by atoms with Crippen LogP contribution in [-0.2, 0) is 9.53 Å². The molecular weight excluding hydrogens is 412 g/mol. The Morgan fingerprint density at radius 1 is 1.28 bits per heavy atom. The topological polar surface area (TPSA) is 85.7 Å². The summed E-state index contributed by atoms with van der Waals surface area (Å²) in [6.45, 7) is 4.51. The Labute approximate surface area is 178 Å². The molecule has 1 saturated heterocycles. The van der Waals surface area contributed by atoms with E-state index in [-0.39, 0.29) is 24.8 Å². The molecule has 1 aromatic heterocycles. The largest absolute Gasteiger partial charge is 0.379 e. The minimum atomic E-state index is -0.363. The van der Waals surface area contributed by atoms with E-state index < -0.39 is 0 Å². The van der Waals surface area contributed by atoms with Crippen molar-refractivity contribution in [2.45, 2.75) is 6.42 Å². The van der Waals surface area contributed by atoms with E-state index in [1.807, 2.05) is 24.3 Å². The number of carbonyl (C=O) groups is 2. The molecule has 1 fully saturated rings. The Bertz CT molecular complexity index is 905. The van der Waals surface area contributed by atoms with Crippen LogP contribution in [0.5, 0.6) is 0 Å². The number of nitrogens with zero attached hydrogens (tertiary/aromatic N) is 3. The van der Waals surface area contributed by atoms with Gasteiger partial charge in [-0.25, -0.2) is 0 Å². The number of thiophene rings is 1. The molecular formula is C20H23ClN4O3S. The summed E-state index contributed by atoms with van der Waals surface area (Å²) in [5, 5.41) is 12.8. The molecule has 0 bridgehead atoms. The fourth-order valence-corrected chi connectivity index (χ4v) is 4.57. The number of ether oxygens (including phenoxy) is 1. The van der Waals surface area contributed by atoms with E-state index in [1.165, 1.54) is 11.3 Å². The quantitative estimate of drug-likeness (QED) is 0.689. The van der Waals surface area contributed by atoms with E-state index in [4.69, 9.17) is 21.6 Å². The molecule has 7 nitrogen and oxygen atoms in total. The highest BCUT2D eigenvalue weighted by Crippen LogP contribution is 2.34. The van der Waals surface area contributed by atoms with Gasteiger partial charge < -0.3 is 15.0 Å². The van der Waals surface area contributed by atoms with Gasteiger partial charge in [0.2, 0.25) is 5.91 Å². The SMILES string of the molecule is N#CCCN(CCN1CCOCC1)C(=O)CNC(=O)c1sc2ccccc2c1Cl. The lowest BCUT2D eigenvalue weighted by Gasteiger charge is -2.30. The molecule has 2 amide bonds. The van der Waals surface area contributed by atoms with Crippen molar-refractivity contribution in [2.24, 2.45) is 0 Å². The second-order valence-electron chi connectivity index (χ2n) is 6.67.